The first-order chi connectivity index (χ1) is 11.0. The quantitative estimate of drug-likeness (QED) is 0.793. The van der Waals surface area contributed by atoms with Crippen molar-refractivity contribution in [3.05, 3.63) is 63.1 Å². The number of hydrogen-bond donors (Lipinski definition) is 1. The van der Waals surface area contributed by atoms with Crippen molar-refractivity contribution in [2.24, 2.45) is 0 Å². The van der Waals surface area contributed by atoms with Crippen LogP contribution in [0.4, 0.5) is 0 Å². The Kier molecular flexibility index (Phi) is 6.58. The SMILES string of the molecule is C[C@@H](Oc1ccc(Cl)cc1Cl)C(=O)NCCc1cccc(Cl)c1. The van der Waals surface area contributed by atoms with Crippen molar-refractivity contribution >= 4 is 40.7 Å². The number of carbonyl (C=O) groups excluding carboxylic acids is 1. The summed E-state index contributed by atoms with van der Waals surface area (Å²) in [7, 11) is 0. The van der Waals surface area contributed by atoms with Crippen LogP contribution in [0.3, 0.4) is 0 Å². The predicted octanol–water partition coefficient (Wildman–Crippen LogP) is 4.77. The van der Waals surface area contributed by atoms with E-state index in [-0.39, 0.29) is 5.91 Å². The van der Waals surface area contributed by atoms with Gasteiger partial charge in [-0.15, -0.1) is 0 Å². The van der Waals surface area contributed by atoms with Crippen molar-refractivity contribution in [1.82, 2.24) is 5.32 Å². The molecular formula is C17H16Cl3NO2. The molecule has 0 aromatic heterocycles. The van der Waals surface area contributed by atoms with Crippen LogP contribution < -0.4 is 10.1 Å². The summed E-state index contributed by atoms with van der Waals surface area (Å²) in [4.78, 5) is 12.1. The van der Waals surface area contributed by atoms with Crippen LogP contribution in [0.5, 0.6) is 5.75 Å². The van der Waals surface area contributed by atoms with Gasteiger partial charge in [0.1, 0.15) is 5.75 Å². The fraction of sp³-hybridized carbons (Fsp3) is 0.235. The van der Waals surface area contributed by atoms with Crippen LogP contribution >= 0.6 is 34.8 Å². The second kappa shape index (κ2) is 8.44. The zero-order valence-electron chi connectivity index (χ0n) is 12.5. The Bertz CT molecular complexity index is 691. The van der Waals surface area contributed by atoms with Crippen molar-refractivity contribution in [1.29, 1.82) is 0 Å². The average Bonchev–Trinajstić information content (AvgIpc) is 2.50. The molecular weight excluding hydrogens is 357 g/mol. The lowest BCUT2D eigenvalue weighted by molar-refractivity contribution is -0.127. The highest BCUT2D eigenvalue weighted by Crippen LogP contribution is 2.28. The van der Waals surface area contributed by atoms with E-state index in [0.29, 0.717) is 33.8 Å². The van der Waals surface area contributed by atoms with Crippen molar-refractivity contribution in [3.63, 3.8) is 0 Å². The Hall–Kier alpha value is -1.42. The van der Waals surface area contributed by atoms with Crippen molar-refractivity contribution in [2.75, 3.05) is 6.54 Å². The molecule has 0 aliphatic carbocycles. The molecule has 2 aromatic rings. The molecule has 0 aliphatic rings. The van der Waals surface area contributed by atoms with E-state index in [4.69, 9.17) is 39.5 Å². The first-order valence-corrected chi connectivity index (χ1v) is 8.23. The maximum atomic E-state index is 12.1. The van der Waals surface area contributed by atoms with Crippen LogP contribution in [0.1, 0.15) is 12.5 Å². The summed E-state index contributed by atoms with van der Waals surface area (Å²) in [5.74, 6) is 0.214. The highest BCUT2D eigenvalue weighted by Gasteiger charge is 2.15. The molecule has 0 fully saturated rings. The number of benzene rings is 2. The normalized spacial score (nSPS) is 11.8. The fourth-order valence-electron chi connectivity index (χ4n) is 1.98. The molecule has 23 heavy (non-hydrogen) atoms. The molecule has 0 spiro atoms. The third-order valence-corrected chi connectivity index (χ3v) is 3.93. The number of hydrogen-bond acceptors (Lipinski definition) is 2. The second-order valence-electron chi connectivity index (χ2n) is 5.01. The van der Waals surface area contributed by atoms with Crippen LogP contribution in [0.15, 0.2) is 42.5 Å². The summed E-state index contributed by atoms with van der Waals surface area (Å²) in [6.07, 6.45) is 0.0359. The minimum Gasteiger partial charge on any atom is -0.479 e. The minimum absolute atomic E-state index is 0.210. The van der Waals surface area contributed by atoms with Crippen molar-refractivity contribution in [3.8, 4) is 5.75 Å². The Labute approximate surface area is 150 Å². The second-order valence-corrected chi connectivity index (χ2v) is 6.29. The van der Waals surface area contributed by atoms with Gasteiger partial charge in [-0.05, 0) is 49.2 Å². The zero-order valence-corrected chi connectivity index (χ0v) is 14.8. The van der Waals surface area contributed by atoms with E-state index in [2.05, 4.69) is 5.32 Å². The van der Waals surface area contributed by atoms with Crippen LogP contribution in [0, 0.1) is 0 Å². The highest BCUT2D eigenvalue weighted by molar-refractivity contribution is 6.35. The van der Waals surface area contributed by atoms with Gasteiger partial charge in [0, 0.05) is 16.6 Å². The number of ether oxygens (including phenoxy) is 1. The number of halogens is 3. The minimum atomic E-state index is -0.659. The summed E-state index contributed by atoms with van der Waals surface area (Å²) >= 11 is 17.8. The average molecular weight is 373 g/mol. The monoisotopic (exact) mass is 371 g/mol. The highest BCUT2D eigenvalue weighted by atomic mass is 35.5. The molecule has 0 saturated heterocycles. The molecule has 0 radical (unpaired) electrons. The van der Waals surface area contributed by atoms with E-state index < -0.39 is 6.10 Å². The Morgan fingerprint density at radius 2 is 1.87 bits per heavy atom. The third-order valence-electron chi connectivity index (χ3n) is 3.17. The maximum absolute atomic E-state index is 12.1. The lowest BCUT2D eigenvalue weighted by Gasteiger charge is -2.15. The van der Waals surface area contributed by atoms with E-state index in [1.54, 1.807) is 25.1 Å². The number of amides is 1. The van der Waals surface area contributed by atoms with Gasteiger partial charge in [0.25, 0.3) is 5.91 Å². The van der Waals surface area contributed by atoms with Gasteiger partial charge in [-0.25, -0.2) is 0 Å². The molecule has 1 amide bonds. The van der Waals surface area contributed by atoms with Gasteiger partial charge in [-0.1, -0.05) is 46.9 Å². The van der Waals surface area contributed by atoms with Gasteiger partial charge in [-0.3, -0.25) is 4.79 Å². The van der Waals surface area contributed by atoms with Gasteiger partial charge in [0.15, 0.2) is 6.10 Å². The summed E-state index contributed by atoms with van der Waals surface area (Å²) in [6.45, 7) is 2.17. The molecule has 3 nitrogen and oxygen atoms in total. The first kappa shape index (κ1) is 17.9. The largest absolute Gasteiger partial charge is 0.479 e. The van der Waals surface area contributed by atoms with E-state index >= 15 is 0 Å². The molecule has 2 rings (SSSR count). The van der Waals surface area contributed by atoms with Crippen molar-refractivity contribution in [2.45, 2.75) is 19.4 Å². The van der Waals surface area contributed by atoms with Crippen molar-refractivity contribution < 1.29 is 9.53 Å². The molecule has 0 unspecified atom stereocenters. The van der Waals surface area contributed by atoms with Gasteiger partial charge >= 0.3 is 0 Å². The third kappa shape index (κ3) is 5.61. The lowest BCUT2D eigenvalue weighted by Crippen LogP contribution is -2.37. The fourth-order valence-corrected chi connectivity index (χ4v) is 2.65. The van der Waals surface area contributed by atoms with Crippen LogP contribution in [0.2, 0.25) is 15.1 Å². The number of nitrogens with one attached hydrogen (secondary N) is 1. The summed E-state index contributed by atoms with van der Waals surface area (Å²) in [5.41, 5.74) is 1.06. The summed E-state index contributed by atoms with van der Waals surface area (Å²) in [5, 5.41) is 4.39. The Balaban J connectivity index is 1.83. The molecule has 0 heterocycles. The zero-order chi connectivity index (χ0) is 16.8. The number of carbonyl (C=O) groups is 1. The van der Waals surface area contributed by atoms with Crippen LogP contribution in [0.25, 0.3) is 0 Å². The van der Waals surface area contributed by atoms with E-state index in [1.807, 2.05) is 24.3 Å². The molecule has 6 heteroatoms. The topological polar surface area (TPSA) is 38.3 Å². The van der Waals surface area contributed by atoms with Gasteiger partial charge in [0.2, 0.25) is 0 Å². The van der Waals surface area contributed by atoms with Gasteiger partial charge < -0.3 is 10.1 Å². The Morgan fingerprint density at radius 1 is 1.13 bits per heavy atom. The molecule has 0 bridgehead atoms. The molecule has 1 atom stereocenters. The first-order valence-electron chi connectivity index (χ1n) is 7.09. The van der Waals surface area contributed by atoms with Gasteiger partial charge in [-0.2, -0.15) is 0 Å². The van der Waals surface area contributed by atoms with Crippen LogP contribution in [-0.2, 0) is 11.2 Å². The van der Waals surface area contributed by atoms with Gasteiger partial charge in [0.05, 0.1) is 5.02 Å². The molecule has 0 saturated carbocycles. The summed E-state index contributed by atoms with van der Waals surface area (Å²) < 4.78 is 5.56. The lowest BCUT2D eigenvalue weighted by atomic mass is 10.1. The molecule has 1 N–H and O–H groups in total. The molecule has 122 valence electrons. The summed E-state index contributed by atoms with van der Waals surface area (Å²) in [6, 6.07) is 12.4. The Morgan fingerprint density at radius 3 is 2.57 bits per heavy atom. The smallest absolute Gasteiger partial charge is 0.260 e. The number of rotatable bonds is 6. The van der Waals surface area contributed by atoms with E-state index in [0.717, 1.165) is 5.56 Å². The standard InChI is InChI=1S/C17H16Cl3NO2/c1-11(23-16-6-5-14(19)10-15(16)20)17(22)21-8-7-12-3-2-4-13(18)9-12/h2-6,9-11H,7-8H2,1H3,(H,21,22)/t11-/m1/s1. The molecule has 2 aromatic carbocycles. The predicted molar refractivity (Wildman–Crippen MR) is 94.7 cm³/mol. The van der Waals surface area contributed by atoms with E-state index in [9.17, 15) is 4.79 Å². The van der Waals surface area contributed by atoms with Crippen LogP contribution in [-0.4, -0.2) is 18.6 Å². The maximum Gasteiger partial charge on any atom is 0.260 e. The molecule has 0 aliphatic heterocycles. The van der Waals surface area contributed by atoms with E-state index in [1.165, 1.54) is 0 Å².